The van der Waals surface area contributed by atoms with Crippen molar-refractivity contribution in [3.05, 3.63) is 54.1 Å². The van der Waals surface area contributed by atoms with E-state index in [-0.39, 0.29) is 11.7 Å². The van der Waals surface area contributed by atoms with Crippen molar-refractivity contribution in [1.29, 1.82) is 0 Å². The molecule has 0 spiro atoms. The van der Waals surface area contributed by atoms with Crippen molar-refractivity contribution in [2.75, 3.05) is 10.0 Å². The largest absolute Gasteiger partial charge is 0.302 e. The summed E-state index contributed by atoms with van der Waals surface area (Å²) in [6.45, 7) is 1.77. The number of benzene rings is 2. The molecule has 0 fully saturated rings. The van der Waals surface area contributed by atoms with Gasteiger partial charge in [-0.15, -0.1) is 0 Å². The fourth-order valence-electron chi connectivity index (χ4n) is 2.26. The Hall–Kier alpha value is -2.45. The summed E-state index contributed by atoms with van der Waals surface area (Å²) in [5.41, 5.74) is 1.80. The maximum Gasteiger partial charge on any atom is 0.236 e. The molecule has 25 heavy (non-hydrogen) atoms. The molecule has 130 valence electrons. The van der Waals surface area contributed by atoms with Gasteiger partial charge in [0.2, 0.25) is 15.9 Å². The second kappa shape index (κ2) is 7.20. The second-order valence-corrected chi connectivity index (χ2v) is 8.20. The Balaban J connectivity index is 1.78. The van der Waals surface area contributed by atoms with Gasteiger partial charge in [0.15, 0.2) is 5.13 Å². The minimum absolute atomic E-state index is 0.0965. The lowest BCUT2D eigenvalue weighted by molar-refractivity contribution is -0.115. The first-order valence-corrected chi connectivity index (χ1v) is 10.2. The lowest BCUT2D eigenvalue weighted by Gasteiger charge is -2.08. The number of sulfonamides is 1. The van der Waals surface area contributed by atoms with Crippen LogP contribution in [0.2, 0.25) is 0 Å². The third kappa shape index (κ3) is 4.55. The summed E-state index contributed by atoms with van der Waals surface area (Å²) in [7, 11) is -3.52. The first kappa shape index (κ1) is 17.4. The van der Waals surface area contributed by atoms with Gasteiger partial charge in [0.25, 0.3) is 0 Å². The van der Waals surface area contributed by atoms with Crippen LogP contribution in [-0.2, 0) is 20.6 Å². The van der Waals surface area contributed by atoms with E-state index >= 15 is 0 Å². The van der Waals surface area contributed by atoms with Crippen LogP contribution in [0.15, 0.2) is 48.5 Å². The van der Waals surface area contributed by atoms with E-state index in [1.165, 1.54) is 11.3 Å². The van der Waals surface area contributed by atoms with Crippen LogP contribution in [0.1, 0.15) is 18.9 Å². The SMILES string of the molecule is CCC(=O)Nc1nc2cc(NS(=O)(=O)Cc3ccccc3)ccc2s1. The molecule has 8 heteroatoms. The number of hydrogen-bond donors (Lipinski definition) is 2. The van der Waals surface area contributed by atoms with Gasteiger partial charge in [0.1, 0.15) is 0 Å². The summed E-state index contributed by atoms with van der Waals surface area (Å²) < 4.78 is 28.1. The zero-order valence-corrected chi connectivity index (χ0v) is 15.2. The average Bonchev–Trinajstić information content (AvgIpc) is 2.96. The lowest BCUT2D eigenvalue weighted by Crippen LogP contribution is -2.14. The minimum Gasteiger partial charge on any atom is -0.302 e. The zero-order chi connectivity index (χ0) is 17.9. The molecule has 3 aromatic rings. The highest BCUT2D eigenvalue weighted by Gasteiger charge is 2.13. The standard InChI is InChI=1S/C17H17N3O3S2/c1-2-16(21)19-17-18-14-10-13(8-9-15(14)24-17)20-25(22,23)11-12-6-4-3-5-7-12/h3-10,20H,2,11H2,1H3,(H,18,19,21). The van der Waals surface area contributed by atoms with Crippen LogP contribution < -0.4 is 10.0 Å². The molecule has 2 N–H and O–H groups in total. The van der Waals surface area contributed by atoms with E-state index in [4.69, 9.17) is 0 Å². The monoisotopic (exact) mass is 375 g/mol. The van der Waals surface area contributed by atoms with Gasteiger partial charge in [-0.1, -0.05) is 48.6 Å². The smallest absolute Gasteiger partial charge is 0.236 e. The van der Waals surface area contributed by atoms with Crippen LogP contribution in [0.4, 0.5) is 10.8 Å². The van der Waals surface area contributed by atoms with Crippen LogP contribution in [-0.4, -0.2) is 19.3 Å². The Bertz CT molecular complexity index is 998. The molecule has 0 atom stereocenters. The van der Waals surface area contributed by atoms with E-state index in [9.17, 15) is 13.2 Å². The highest BCUT2D eigenvalue weighted by Crippen LogP contribution is 2.28. The molecule has 0 unspecified atom stereocenters. The molecule has 0 bridgehead atoms. The molecule has 0 radical (unpaired) electrons. The number of rotatable bonds is 6. The normalized spacial score (nSPS) is 11.4. The number of hydrogen-bond acceptors (Lipinski definition) is 5. The van der Waals surface area contributed by atoms with Gasteiger partial charge in [-0.2, -0.15) is 0 Å². The topological polar surface area (TPSA) is 88.2 Å². The van der Waals surface area contributed by atoms with Crippen molar-refractivity contribution < 1.29 is 13.2 Å². The summed E-state index contributed by atoms with van der Waals surface area (Å²) in [5.74, 6) is -0.205. The molecule has 0 aliphatic heterocycles. The highest BCUT2D eigenvalue weighted by molar-refractivity contribution is 7.91. The summed E-state index contributed by atoms with van der Waals surface area (Å²) >= 11 is 1.35. The van der Waals surface area contributed by atoms with Crippen molar-refractivity contribution in [2.45, 2.75) is 19.1 Å². The third-order valence-electron chi connectivity index (χ3n) is 3.43. The number of fused-ring (bicyclic) bond motifs is 1. The third-order valence-corrected chi connectivity index (χ3v) is 5.64. The Morgan fingerprint density at radius 3 is 2.64 bits per heavy atom. The van der Waals surface area contributed by atoms with Crippen molar-refractivity contribution in [3.63, 3.8) is 0 Å². The maximum atomic E-state index is 12.3. The van der Waals surface area contributed by atoms with E-state index in [1.54, 1.807) is 49.4 Å². The number of thiazole rings is 1. The molecule has 1 heterocycles. The summed E-state index contributed by atoms with van der Waals surface area (Å²) in [4.78, 5) is 15.8. The number of anilines is 2. The van der Waals surface area contributed by atoms with Gasteiger partial charge in [-0.05, 0) is 23.8 Å². The van der Waals surface area contributed by atoms with Gasteiger partial charge in [-0.3, -0.25) is 9.52 Å². The van der Waals surface area contributed by atoms with Gasteiger partial charge in [0.05, 0.1) is 21.7 Å². The summed E-state index contributed by atoms with van der Waals surface area (Å²) in [5, 5.41) is 3.22. The van der Waals surface area contributed by atoms with Crippen molar-refractivity contribution >= 4 is 48.3 Å². The number of nitrogens with zero attached hydrogens (tertiary/aromatic N) is 1. The molecule has 0 saturated carbocycles. The molecule has 0 aliphatic carbocycles. The second-order valence-electron chi connectivity index (χ2n) is 5.45. The van der Waals surface area contributed by atoms with E-state index < -0.39 is 10.0 Å². The minimum atomic E-state index is -3.52. The quantitative estimate of drug-likeness (QED) is 0.689. The van der Waals surface area contributed by atoms with Crippen molar-refractivity contribution in [2.24, 2.45) is 0 Å². The number of nitrogens with one attached hydrogen (secondary N) is 2. The van der Waals surface area contributed by atoms with E-state index in [0.29, 0.717) is 28.3 Å². The van der Waals surface area contributed by atoms with Crippen LogP contribution in [0, 0.1) is 0 Å². The predicted octanol–water partition coefficient (Wildman–Crippen LogP) is 3.59. The van der Waals surface area contributed by atoms with E-state index in [1.807, 2.05) is 6.07 Å². The maximum absolute atomic E-state index is 12.3. The molecule has 1 amide bonds. The summed E-state index contributed by atoms with van der Waals surface area (Å²) in [6.07, 6.45) is 0.375. The number of carbonyl (C=O) groups is 1. The average molecular weight is 375 g/mol. The molecule has 1 aromatic heterocycles. The molecular formula is C17H17N3O3S2. The number of carbonyl (C=O) groups excluding carboxylic acids is 1. The van der Waals surface area contributed by atoms with Crippen LogP contribution in [0.25, 0.3) is 10.2 Å². The van der Waals surface area contributed by atoms with Gasteiger partial charge >= 0.3 is 0 Å². The fourth-order valence-corrected chi connectivity index (χ4v) is 4.31. The highest BCUT2D eigenvalue weighted by atomic mass is 32.2. The van der Waals surface area contributed by atoms with Crippen molar-refractivity contribution in [1.82, 2.24) is 4.98 Å². The van der Waals surface area contributed by atoms with Crippen LogP contribution in [0.5, 0.6) is 0 Å². The van der Waals surface area contributed by atoms with E-state index in [0.717, 1.165) is 4.70 Å². The van der Waals surface area contributed by atoms with Gasteiger partial charge in [-0.25, -0.2) is 13.4 Å². The molecule has 2 aromatic carbocycles. The van der Waals surface area contributed by atoms with Crippen LogP contribution >= 0.6 is 11.3 Å². The summed E-state index contributed by atoms with van der Waals surface area (Å²) in [6, 6.07) is 14.1. The van der Waals surface area contributed by atoms with Gasteiger partial charge in [0, 0.05) is 6.42 Å². The zero-order valence-electron chi connectivity index (χ0n) is 13.5. The Kier molecular flexibility index (Phi) is 5.00. The molecular weight excluding hydrogens is 358 g/mol. The number of aromatic nitrogens is 1. The van der Waals surface area contributed by atoms with Gasteiger partial charge < -0.3 is 5.32 Å². The van der Waals surface area contributed by atoms with Crippen LogP contribution in [0.3, 0.4) is 0 Å². The van der Waals surface area contributed by atoms with E-state index in [2.05, 4.69) is 15.0 Å². The number of amides is 1. The molecule has 3 rings (SSSR count). The molecule has 6 nitrogen and oxygen atoms in total. The Morgan fingerprint density at radius 2 is 1.92 bits per heavy atom. The first-order chi connectivity index (χ1) is 11.9. The molecule has 0 saturated heterocycles. The van der Waals surface area contributed by atoms with Crippen molar-refractivity contribution in [3.8, 4) is 0 Å². The lowest BCUT2D eigenvalue weighted by atomic mass is 10.2. The fraction of sp³-hybridized carbons (Fsp3) is 0.176. The predicted molar refractivity (Wildman–Crippen MR) is 101 cm³/mol. The Labute approximate surface area is 150 Å². The first-order valence-electron chi connectivity index (χ1n) is 7.70. The molecule has 0 aliphatic rings. The Morgan fingerprint density at radius 1 is 1.16 bits per heavy atom.